The first-order chi connectivity index (χ1) is 8.00. The van der Waals surface area contributed by atoms with Crippen molar-refractivity contribution in [3.63, 3.8) is 0 Å². The Morgan fingerprint density at radius 1 is 1.29 bits per heavy atom. The molecule has 0 aliphatic heterocycles. The maximum Gasteiger partial charge on any atom is 0.194 e. The predicted octanol–water partition coefficient (Wildman–Crippen LogP) is 5.01. The highest BCUT2D eigenvalue weighted by Gasteiger charge is 2.17. The first kappa shape index (κ1) is 12.8. The van der Waals surface area contributed by atoms with Crippen molar-refractivity contribution in [2.75, 3.05) is 0 Å². The van der Waals surface area contributed by atoms with Crippen LogP contribution in [0.3, 0.4) is 0 Å². The fourth-order valence-electron chi connectivity index (χ4n) is 1.67. The number of aryl methyl sites for hydroxylation is 1. The van der Waals surface area contributed by atoms with Gasteiger partial charge in [-0.25, -0.2) is 0 Å². The molecule has 0 bridgehead atoms. The molecule has 17 heavy (non-hydrogen) atoms. The van der Waals surface area contributed by atoms with Crippen LogP contribution in [-0.2, 0) is 0 Å². The summed E-state index contributed by atoms with van der Waals surface area (Å²) >= 11 is 11.0. The summed E-state index contributed by atoms with van der Waals surface area (Å²) in [4.78, 5) is 13.4. The molecule has 0 saturated heterocycles. The Labute approximate surface area is 118 Å². The predicted molar refractivity (Wildman–Crippen MR) is 76.4 cm³/mol. The minimum Gasteiger partial charge on any atom is -0.289 e. The second-order valence-corrected chi connectivity index (χ2v) is 6.80. The van der Waals surface area contributed by atoms with Crippen LogP contribution < -0.4 is 0 Å². The molecule has 0 saturated carbocycles. The van der Waals surface area contributed by atoms with Gasteiger partial charge in [-0.1, -0.05) is 23.7 Å². The molecule has 0 aliphatic carbocycles. The maximum atomic E-state index is 12.4. The average Bonchev–Trinajstić information content (AvgIpc) is 2.61. The molecule has 2 aromatic rings. The molecule has 0 spiro atoms. The van der Waals surface area contributed by atoms with Crippen LogP contribution in [0.15, 0.2) is 28.1 Å². The van der Waals surface area contributed by atoms with E-state index in [0.717, 1.165) is 19.8 Å². The molecule has 1 nitrogen and oxygen atoms in total. The number of hydrogen-bond donors (Lipinski definition) is 0. The van der Waals surface area contributed by atoms with Crippen molar-refractivity contribution in [3.05, 3.63) is 54.6 Å². The summed E-state index contributed by atoms with van der Waals surface area (Å²) in [6.45, 7) is 3.81. The van der Waals surface area contributed by atoms with Crippen molar-refractivity contribution in [1.82, 2.24) is 0 Å². The molecule has 2 rings (SSSR count). The van der Waals surface area contributed by atoms with Gasteiger partial charge in [0.25, 0.3) is 0 Å². The van der Waals surface area contributed by atoms with E-state index in [1.54, 1.807) is 23.5 Å². The van der Waals surface area contributed by atoms with E-state index in [9.17, 15) is 4.79 Å². The van der Waals surface area contributed by atoms with Crippen LogP contribution >= 0.6 is 38.9 Å². The Bertz CT molecular complexity index is 589. The SMILES string of the molecule is Cc1sc(Br)cc1C(=O)c1cccc(Cl)c1C. The maximum absolute atomic E-state index is 12.4. The Morgan fingerprint density at radius 2 is 2.00 bits per heavy atom. The van der Waals surface area contributed by atoms with Crippen LogP contribution in [0.5, 0.6) is 0 Å². The van der Waals surface area contributed by atoms with Crippen LogP contribution in [0.2, 0.25) is 5.02 Å². The van der Waals surface area contributed by atoms with Crippen LogP contribution in [-0.4, -0.2) is 5.78 Å². The van der Waals surface area contributed by atoms with Crippen molar-refractivity contribution in [1.29, 1.82) is 0 Å². The fourth-order valence-corrected chi connectivity index (χ4v) is 3.53. The Morgan fingerprint density at radius 3 is 2.59 bits per heavy atom. The van der Waals surface area contributed by atoms with Crippen LogP contribution in [0, 0.1) is 13.8 Å². The van der Waals surface area contributed by atoms with Gasteiger partial charge in [0.05, 0.1) is 3.79 Å². The highest BCUT2D eigenvalue weighted by Crippen LogP contribution is 2.29. The summed E-state index contributed by atoms with van der Waals surface area (Å²) in [5.41, 5.74) is 2.25. The van der Waals surface area contributed by atoms with Gasteiger partial charge in [0, 0.05) is 21.0 Å². The van der Waals surface area contributed by atoms with Crippen LogP contribution in [0.25, 0.3) is 0 Å². The highest BCUT2D eigenvalue weighted by atomic mass is 79.9. The van der Waals surface area contributed by atoms with E-state index in [4.69, 9.17) is 11.6 Å². The van der Waals surface area contributed by atoms with Crippen molar-refractivity contribution >= 4 is 44.7 Å². The Balaban J connectivity index is 2.51. The van der Waals surface area contributed by atoms with Gasteiger partial charge in [0.1, 0.15) is 0 Å². The van der Waals surface area contributed by atoms with E-state index in [2.05, 4.69) is 15.9 Å². The number of benzene rings is 1. The van der Waals surface area contributed by atoms with E-state index in [1.165, 1.54) is 0 Å². The van der Waals surface area contributed by atoms with Gasteiger partial charge >= 0.3 is 0 Å². The molecular formula is C13H10BrClOS. The molecule has 88 valence electrons. The first-order valence-electron chi connectivity index (χ1n) is 5.06. The summed E-state index contributed by atoms with van der Waals surface area (Å²) in [6, 6.07) is 7.28. The molecule has 0 unspecified atom stereocenters. The number of ketones is 1. The summed E-state index contributed by atoms with van der Waals surface area (Å²) in [6.07, 6.45) is 0. The van der Waals surface area contributed by atoms with Crippen LogP contribution in [0.1, 0.15) is 26.4 Å². The first-order valence-corrected chi connectivity index (χ1v) is 7.05. The van der Waals surface area contributed by atoms with Crippen molar-refractivity contribution < 1.29 is 4.79 Å². The van der Waals surface area contributed by atoms with E-state index in [1.807, 2.05) is 26.0 Å². The van der Waals surface area contributed by atoms with Gasteiger partial charge in [-0.15, -0.1) is 11.3 Å². The van der Waals surface area contributed by atoms with Gasteiger partial charge in [0.15, 0.2) is 5.78 Å². The number of thiophene rings is 1. The third kappa shape index (κ3) is 2.46. The Kier molecular flexibility index (Phi) is 3.71. The molecule has 0 aliphatic rings. The quantitative estimate of drug-likeness (QED) is 0.708. The lowest BCUT2D eigenvalue weighted by Gasteiger charge is -2.05. The van der Waals surface area contributed by atoms with Gasteiger partial charge in [-0.05, 0) is 47.5 Å². The molecule has 1 aromatic carbocycles. The van der Waals surface area contributed by atoms with Crippen molar-refractivity contribution in [2.45, 2.75) is 13.8 Å². The molecular weight excluding hydrogens is 320 g/mol. The second kappa shape index (κ2) is 4.92. The number of halogens is 2. The summed E-state index contributed by atoms with van der Waals surface area (Å²) in [7, 11) is 0. The fraction of sp³-hybridized carbons (Fsp3) is 0.154. The van der Waals surface area contributed by atoms with E-state index >= 15 is 0 Å². The molecule has 4 heteroatoms. The molecule has 0 amide bonds. The monoisotopic (exact) mass is 328 g/mol. The molecule has 0 atom stereocenters. The largest absolute Gasteiger partial charge is 0.289 e. The lowest BCUT2D eigenvalue weighted by molar-refractivity contribution is 0.103. The second-order valence-electron chi connectivity index (χ2n) is 3.76. The normalized spacial score (nSPS) is 10.6. The smallest absolute Gasteiger partial charge is 0.194 e. The zero-order valence-corrected chi connectivity index (χ0v) is 12.5. The number of carbonyl (C=O) groups is 1. The minimum absolute atomic E-state index is 0.0319. The lowest BCUT2D eigenvalue weighted by atomic mass is 10.00. The number of hydrogen-bond acceptors (Lipinski definition) is 2. The molecule has 1 heterocycles. The Hall–Kier alpha value is -0.640. The average molecular weight is 330 g/mol. The topological polar surface area (TPSA) is 17.1 Å². The zero-order chi connectivity index (χ0) is 12.6. The van der Waals surface area contributed by atoms with E-state index < -0.39 is 0 Å². The van der Waals surface area contributed by atoms with Crippen molar-refractivity contribution in [3.8, 4) is 0 Å². The zero-order valence-electron chi connectivity index (χ0n) is 9.38. The van der Waals surface area contributed by atoms with Gasteiger partial charge in [0.2, 0.25) is 0 Å². The molecule has 1 aromatic heterocycles. The minimum atomic E-state index is 0.0319. The molecule has 0 fully saturated rings. The van der Waals surface area contributed by atoms with Gasteiger partial charge < -0.3 is 0 Å². The number of carbonyl (C=O) groups excluding carboxylic acids is 1. The summed E-state index contributed by atoms with van der Waals surface area (Å²) in [5.74, 6) is 0.0319. The highest BCUT2D eigenvalue weighted by molar-refractivity contribution is 9.11. The molecule has 0 radical (unpaired) electrons. The third-order valence-electron chi connectivity index (χ3n) is 2.64. The standard InChI is InChI=1S/C13H10BrClOS/c1-7-9(4-3-5-11(7)15)13(16)10-6-12(14)17-8(10)2/h3-6H,1-2H3. The third-order valence-corrected chi connectivity index (χ3v) is 4.61. The van der Waals surface area contributed by atoms with Gasteiger partial charge in [-0.3, -0.25) is 4.79 Å². The van der Waals surface area contributed by atoms with E-state index in [-0.39, 0.29) is 5.78 Å². The summed E-state index contributed by atoms with van der Waals surface area (Å²) in [5, 5.41) is 0.628. The number of rotatable bonds is 2. The summed E-state index contributed by atoms with van der Waals surface area (Å²) < 4.78 is 0.970. The van der Waals surface area contributed by atoms with Gasteiger partial charge in [-0.2, -0.15) is 0 Å². The van der Waals surface area contributed by atoms with Crippen LogP contribution in [0.4, 0.5) is 0 Å². The van der Waals surface area contributed by atoms with E-state index in [0.29, 0.717) is 10.6 Å². The lowest BCUT2D eigenvalue weighted by Crippen LogP contribution is -2.03. The van der Waals surface area contributed by atoms with Crippen molar-refractivity contribution in [2.24, 2.45) is 0 Å². The molecule has 0 N–H and O–H groups in total.